The third kappa shape index (κ3) is 7.00. The van der Waals surface area contributed by atoms with Crippen molar-refractivity contribution in [2.45, 2.75) is 47.7 Å². The molecule has 2 amide bonds. The maximum absolute atomic E-state index is 13.4. The number of ether oxygens (including phenoxy) is 2. The van der Waals surface area contributed by atoms with Gasteiger partial charge in [-0.25, -0.2) is 0 Å². The number of aromatic nitrogens is 4. The first-order valence-electron chi connectivity index (χ1n) is 15.1. The first-order chi connectivity index (χ1) is 21.4. The van der Waals surface area contributed by atoms with E-state index >= 15 is 0 Å². The molecule has 0 saturated heterocycles. The quantitative estimate of drug-likeness (QED) is 0.193. The molecule has 12 heteroatoms. The Kier molecular flexibility index (Phi) is 10.3. The van der Waals surface area contributed by atoms with Crippen molar-refractivity contribution in [1.29, 1.82) is 0 Å². The third-order valence-electron chi connectivity index (χ3n) is 7.87. The van der Waals surface area contributed by atoms with Crippen molar-refractivity contribution in [2.75, 3.05) is 40.9 Å². The number of hydrogen-bond donors (Lipinski definition) is 0. The number of rotatable bonds is 14. The van der Waals surface area contributed by atoms with Gasteiger partial charge in [-0.1, -0.05) is 27.7 Å². The molecule has 0 bridgehead atoms. The van der Waals surface area contributed by atoms with E-state index in [1.165, 1.54) is 4.68 Å². The van der Waals surface area contributed by atoms with Crippen molar-refractivity contribution in [3.63, 3.8) is 0 Å². The number of nitrogens with zero attached hydrogens (tertiary/aromatic N) is 6. The van der Waals surface area contributed by atoms with E-state index in [4.69, 9.17) is 9.47 Å². The fraction of sp³-hybridized carbons (Fsp3) is 0.455. The Balaban J connectivity index is 1.48. The van der Waals surface area contributed by atoms with Crippen molar-refractivity contribution in [2.24, 2.45) is 11.8 Å². The Bertz CT molecular complexity index is 1740. The lowest BCUT2D eigenvalue weighted by atomic mass is 10.0. The van der Waals surface area contributed by atoms with Crippen LogP contribution in [0.5, 0.6) is 11.5 Å². The molecule has 4 rings (SSSR count). The average molecular weight is 619 g/mol. The molecule has 0 fully saturated rings. The molecule has 0 radical (unpaired) electrons. The number of hydrogen-bond acceptors (Lipinski definition) is 8. The first-order valence-corrected chi connectivity index (χ1v) is 15.1. The van der Waals surface area contributed by atoms with Crippen molar-refractivity contribution >= 4 is 45.2 Å². The van der Waals surface area contributed by atoms with E-state index in [1.54, 1.807) is 72.1 Å². The van der Waals surface area contributed by atoms with E-state index in [1.807, 2.05) is 34.6 Å². The molecule has 2 heterocycles. The highest BCUT2D eigenvalue weighted by Gasteiger charge is 2.24. The molecule has 0 aliphatic rings. The number of carbonyl (C=O) groups excluding carboxylic acids is 4. The number of Topliss-reactive ketones (excluding diaryl/α,β-unsaturated/α-hetero) is 2. The Hall–Kier alpha value is -4.74. The van der Waals surface area contributed by atoms with Gasteiger partial charge < -0.3 is 19.3 Å². The van der Waals surface area contributed by atoms with E-state index < -0.39 is 0 Å². The number of benzene rings is 2. The zero-order chi connectivity index (χ0) is 33.0. The van der Waals surface area contributed by atoms with Crippen LogP contribution in [-0.2, 0) is 22.7 Å². The van der Waals surface area contributed by atoms with Gasteiger partial charge in [0.25, 0.3) is 0 Å². The monoisotopic (exact) mass is 618 g/mol. The van der Waals surface area contributed by atoms with Crippen LogP contribution in [0.3, 0.4) is 0 Å². The molecule has 0 aliphatic heterocycles. The Morgan fingerprint density at radius 2 is 1.18 bits per heavy atom. The van der Waals surface area contributed by atoms with Gasteiger partial charge in [0.15, 0.2) is 11.6 Å². The van der Waals surface area contributed by atoms with Gasteiger partial charge in [0, 0.05) is 61.4 Å². The van der Waals surface area contributed by atoms with Gasteiger partial charge in [-0.3, -0.25) is 28.5 Å². The van der Waals surface area contributed by atoms with Crippen LogP contribution in [0, 0.1) is 11.8 Å². The summed E-state index contributed by atoms with van der Waals surface area (Å²) in [6.07, 6.45) is 0. The summed E-state index contributed by atoms with van der Waals surface area (Å²) in [5.41, 5.74) is 1.91. The second kappa shape index (κ2) is 13.9. The molecule has 45 heavy (non-hydrogen) atoms. The number of carbonyl (C=O) groups is 4. The zero-order valence-electron chi connectivity index (χ0n) is 27.3. The lowest BCUT2D eigenvalue weighted by molar-refractivity contribution is -0.135. The predicted molar refractivity (Wildman–Crippen MR) is 171 cm³/mol. The summed E-state index contributed by atoms with van der Waals surface area (Å²) in [5, 5.41) is 10.4. The second-order valence-corrected chi connectivity index (χ2v) is 11.6. The van der Waals surface area contributed by atoms with E-state index in [-0.39, 0.29) is 54.9 Å². The van der Waals surface area contributed by atoms with E-state index in [2.05, 4.69) is 10.2 Å². The summed E-state index contributed by atoms with van der Waals surface area (Å²) in [5.74, 6) is 0.0499. The second-order valence-electron chi connectivity index (χ2n) is 11.6. The summed E-state index contributed by atoms with van der Waals surface area (Å²) in [6, 6.07) is 10.6. The molecule has 0 spiro atoms. The summed E-state index contributed by atoms with van der Waals surface area (Å²) >= 11 is 0. The van der Waals surface area contributed by atoms with Crippen LogP contribution >= 0.6 is 0 Å². The van der Waals surface area contributed by atoms with Crippen LogP contribution in [0.15, 0.2) is 36.4 Å². The summed E-state index contributed by atoms with van der Waals surface area (Å²) in [6.45, 7) is 9.96. The van der Waals surface area contributed by atoms with Crippen molar-refractivity contribution in [1.82, 2.24) is 29.4 Å². The molecule has 0 unspecified atom stereocenters. The van der Waals surface area contributed by atoms with Gasteiger partial charge in [-0.05, 0) is 31.2 Å². The molecule has 2 aromatic heterocycles. The van der Waals surface area contributed by atoms with E-state index in [9.17, 15) is 19.2 Å². The highest BCUT2D eigenvalue weighted by atomic mass is 16.5. The lowest BCUT2D eigenvalue weighted by Gasteiger charge is -2.25. The number of amides is 2. The first kappa shape index (κ1) is 33.2. The van der Waals surface area contributed by atoms with Gasteiger partial charge in [0.2, 0.25) is 11.8 Å². The third-order valence-corrected chi connectivity index (χ3v) is 7.87. The Labute approximate surface area is 262 Å². The topological polar surface area (TPSA) is 129 Å². The Morgan fingerprint density at radius 3 is 1.58 bits per heavy atom. The summed E-state index contributed by atoms with van der Waals surface area (Å²) in [4.78, 5) is 55.7. The molecule has 0 N–H and O–H groups in total. The smallest absolute Gasteiger partial charge is 0.244 e. The maximum Gasteiger partial charge on any atom is 0.244 e. The Morgan fingerprint density at radius 1 is 0.733 bits per heavy atom. The van der Waals surface area contributed by atoms with Gasteiger partial charge in [-0.15, -0.1) is 0 Å². The SMILES string of the molecule is CCN(CCN(C)C(=O)Cn1nc(C(=O)C(C)C)c2ccc(OC)cc21)C(=O)Cn1nc(C(=O)C(C)C)c2ccc(OC)cc21. The summed E-state index contributed by atoms with van der Waals surface area (Å²) < 4.78 is 13.8. The van der Waals surface area contributed by atoms with Crippen LogP contribution in [-0.4, -0.2) is 93.6 Å². The fourth-order valence-corrected chi connectivity index (χ4v) is 5.04. The van der Waals surface area contributed by atoms with Crippen LogP contribution in [0.1, 0.15) is 55.6 Å². The number of ketones is 2. The normalized spacial score (nSPS) is 11.4. The fourth-order valence-electron chi connectivity index (χ4n) is 5.04. The van der Waals surface area contributed by atoms with Crippen LogP contribution in [0.25, 0.3) is 21.8 Å². The largest absolute Gasteiger partial charge is 0.497 e. The van der Waals surface area contributed by atoms with Gasteiger partial charge in [0.05, 0.1) is 25.3 Å². The van der Waals surface area contributed by atoms with Crippen molar-refractivity contribution in [3.05, 3.63) is 47.8 Å². The van der Waals surface area contributed by atoms with E-state index in [0.29, 0.717) is 57.8 Å². The zero-order valence-corrected chi connectivity index (χ0v) is 27.3. The van der Waals surface area contributed by atoms with Gasteiger partial charge >= 0.3 is 0 Å². The molecule has 12 nitrogen and oxygen atoms in total. The molecule has 0 saturated carbocycles. The number of fused-ring (bicyclic) bond motifs is 2. The van der Waals surface area contributed by atoms with Gasteiger partial charge in [-0.2, -0.15) is 10.2 Å². The predicted octanol–water partition coefficient (Wildman–Crippen LogP) is 4.09. The molecule has 2 aromatic carbocycles. The molecule has 4 aromatic rings. The van der Waals surface area contributed by atoms with Crippen molar-refractivity contribution in [3.8, 4) is 11.5 Å². The highest BCUT2D eigenvalue weighted by Crippen LogP contribution is 2.27. The molecular formula is C33H42N6O6. The van der Waals surface area contributed by atoms with Crippen LogP contribution < -0.4 is 9.47 Å². The number of likely N-dealkylation sites (N-methyl/N-ethyl adjacent to an activating group) is 2. The highest BCUT2D eigenvalue weighted by molar-refractivity contribution is 6.08. The minimum absolute atomic E-state index is 0.0751. The number of methoxy groups -OCH3 is 2. The molecule has 0 atom stereocenters. The minimum atomic E-state index is -0.251. The van der Waals surface area contributed by atoms with Crippen LogP contribution in [0.4, 0.5) is 0 Å². The average Bonchev–Trinajstić information content (AvgIpc) is 3.57. The van der Waals surface area contributed by atoms with Crippen LogP contribution in [0.2, 0.25) is 0 Å². The minimum Gasteiger partial charge on any atom is -0.497 e. The maximum atomic E-state index is 13.4. The van der Waals surface area contributed by atoms with Crippen molar-refractivity contribution < 1.29 is 28.7 Å². The summed E-state index contributed by atoms with van der Waals surface area (Å²) in [7, 11) is 4.78. The standard InChI is InChI=1S/C33H42N6O6/c1-9-37(29(41)19-39-27-17-23(45-8)11-13-25(27)31(35-39)33(43)21(4)5)15-14-36(6)28(40)18-38-26-16-22(44-7)10-12-24(26)30(34-38)32(42)20(2)3/h10-13,16-17,20-21H,9,14-15,18-19H2,1-8H3. The molecular weight excluding hydrogens is 576 g/mol. The molecule has 240 valence electrons. The van der Waals surface area contributed by atoms with Gasteiger partial charge in [0.1, 0.15) is 36.0 Å². The van der Waals surface area contributed by atoms with E-state index in [0.717, 1.165) is 0 Å². The molecule has 0 aliphatic carbocycles. The lowest BCUT2D eigenvalue weighted by Crippen LogP contribution is -2.41.